The molecular formula is C32H43Cl2N3O2. The Labute approximate surface area is 244 Å². The van der Waals surface area contributed by atoms with Gasteiger partial charge in [0.15, 0.2) is 5.78 Å². The fourth-order valence-corrected chi connectivity index (χ4v) is 6.54. The molecule has 1 unspecified atom stereocenters. The molecule has 2 aliphatic rings. The lowest BCUT2D eigenvalue weighted by Gasteiger charge is -2.33. The minimum atomic E-state index is -0.395. The Morgan fingerprint density at radius 3 is 2.44 bits per heavy atom. The summed E-state index contributed by atoms with van der Waals surface area (Å²) < 4.78 is 0. The van der Waals surface area contributed by atoms with Crippen LogP contribution in [0, 0.1) is 5.92 Å². The van der Waals surface area contributed by atoms with E-state index in [9.17, 15) is 9.59 Å². The zero-order valence-electron chi connectivity index (χ0n) is 23.8. The summed E-state index contributed by atoms with van der Waals surface area (Å²) in [5, 5.41) is 1.01. The van der Waals surface area contributed by atoms with Crippen LogP contribution in [-0.4, -0.2) is 77.7 Å². The predicted molar refractivity (Wildman–Crippen MR) is 160 cm³/mol. The molecule has 0 spiro atoms. The van der Waals surface area contributed by atoms with Gasteiger partial charge in [-0.3, -0.25) is 14.5 Å². The number of rotatable bonds is 11. The first-order valence-corrected chi connectivity index (χ1v) is 15.1. The van der Waals surface area contributed by atoms with Crippen molar-refractivity contribution >= 4 is 34.9 Å². The smallest absolute Gasteiger partial charge is 0.240 e. The Morgan fingerprint density at radius 2 is 1.77 bits per heavy atom. The van der Waals surface area contributed by atoms with Crippen LogP contribution in [0.5, 0.6) is 0 Å². The molecule has 0 aromatic heterocycles. The summed E-state index contributed by atoms with van der Waals surface area (Å²) in [5.41, 5.74) is 2.32. The van der Waals surface area contributed by atoms with Gasteiger partial charge in [-0.05, 0) is 81.8 Å². The molecule has 2 aliphatic heterocycles. The van der Waals surface area contributed by atoms with Crippen LogP contribution in [0.15, 0.2) is 48.5 Å². The van der Waals surface area contributed by atoms with E-state index < -0.39 is 6.04 Å². The topological polar surface area (TPSA) is 43.9 Å². The summed E-state index contributed by atoms with van der Waals surface area (Å²) in [4.78, 5) is 34.6. The molecule has 39 heavy (non-hydrogen) atoms. The van der Waals surface area contributed by atoms with Crippen molar-refractivity contribution in [2.24, 2.45) is 5.92 Å². The molecule has 2 fully saturated rings. The molecule has 2 saturated heterocycles. The van der Waals surface area contributed by atoms with E-state index in [1.165, 1.54) is 5.56 Å². The van der Waals surface area contributed by atoms with Crippen molar-refractivity contribution in [3.63, 3.8) is 0 Å². The maximum absolute atomic E-state index is 14.2. The summed E-state index contributed by atoms with van der Waals surface area (Å²) in [6.07, 6.45) is 5.37. The molecule has 1 amide bonds. The minimum absolute atomic E-state index is 0.134. The van der Waals surface area contributed by atoms with Crippen LogP contribution in [-0.2, 0) is 22.4 Å². The van der Waals surface area contributed by atoms with Crippen LogP contribution in [0.25, 0.3) is 0 Å². The van der Waals surface area contributed by atoms with Crippen molar-refractivity contribution in [1.29, 1.82) is 0 Å². The molecule has 5 nitrogen and oxygen atoms in total. The van der Waals surface area contributed by atoms with Gasteiger partial charge in [0.25, 0.3) is 0 Å². The third-order valence-electron chi connectivity index (χ3n) is 8.48. The molecule has 2 aromatic carbocycles. The largest absolute Gasteiger partial charge is 0.331 e. The first-order chi connectivity index (χ1) is 18.6. The molecule has 0 radical (unpaired) electrons. The van der Waals surface area contributed by atoms with E-state index in [-0.39, 0.29) is 17.7 Å². The van der Waals surface area contributed by atoms with E-state index in [4.69, 9.17) is 23.2 Å². The number of benzene rings is 2. The Morgan fingerprint density at radius 1 is 1.03 bits per heavy atom. The van der Waals surface area contributed by atoms with Gasteiger partial charge in [-0.25, -0.2) is 0 Å². The van der Waals surface area contributed by atoms with Gasteiger partial charge < -0.3 is 9.80 Å². The first kappa shape index (κ1) is 30.0. The number of hydrogen-bond acceptors (Lipinski definition) is 4. The monoisotopic (exact) mass is 571 g/mol. The minimum Gasteiger partial charge on any atom is -0.331 e. The van der Waals surface area contributed by atoms with Crippen LogP contribution < -0.4 is 0 Å². The maximum Gasteiger partial charge on any atom is 0.240 e. The lowest BCUT2D eigenvalue weighted by molar-refractivity contribution is -0.142. The Bertz CT molecular complexity index is 1120. The van der Waals surface area contributed by atoms with Gasteiger partial charge >= 0.3 is 0 Å². The number of carbonyl (C=O) groups excluding carboxylic acids is 2. The van der Waals surface area contributed by atoms with E-state index >= 15 is 0 Å². The van der Waals surface area contributed by atoms with Crippen molar-refractivity contribution in [3.05, 3.63) is 69.7 Å². The fraction of sp³-hybridized carbons (Fsp3) is 0.562. The van der Waals surface area contributed by atoms with Gasteiger partial charge in [0.1, 0.15) is 0 Å². The van der Waals surface area contributed by atoms with E-state index in [1.807, 2.05) is 17.0 Å². The Hall–Kier alpha value is -1.92. The lowest BCUT2D eigenvalue weighted by Crippen LogP contribution is -2.51. The van der Waals surface area contributed by atoms with Gasteiger partial charge in [-0.1, -0.05) is 73.4 Å². The summed E-state index contributed by atoms with van der Waals surface area (Å²) in [7, 11) is 4.21. The van der Waals surface area contributed by atoms with Crippen LogP contribution in [0.4, 0.5) is 0 Å². The number of fused-ring (bicyclic) bond motifs is 1. The third-order valence-corrected chi connectivity index (χ3v) is 9.22. The Kier molecular flexibility index (Phi) is 10.5. The van der Waals surface area contributed by atoms with Gasteiger partial charge in [-0.15, -0.1) is 0 Å². The second kappa shape index (κ2) is 13.6. The van der Waals surface area contributed by atoms with Crippen molar-refractivity contribution < 1.29 is 9.59 Å². The second-order valence-corrected chi connectivity index (χ2v) is 12.7. The SMILES string of the molecule is CC(C)C[C@H](C(=O)CCc1ccc(Cl)c(Cl)c1)N1CCC(CCc2ccccc2)N2C[C@H](N(C)C)C[C@H]2C1=O. The van der Waals surface area contributed by atoms with Crippen molar-refractivity contribution in [1.82, 2.24) is 14.7 Å². The van der Waals surface area contributed by atoms with E-state index in [0.29, 0.717) is 53.9 Å². The summed E-state index contributed by atoms with van der Waals surface area (Å²) >= 11 is 12.3. The number of likely N-dealkylation sites (N-methyl/N-ethyl adjacent to an activating group) is 1. The highest BCUT2D eigenvalue weighted by Gasteiger charge is 2.46. The van der Waals surface area contributed by atoms with E-state index in [2.05, 4.69) is 68.1 Å². The van der Waals surface area contributed by atoms with Crippen LogP contribution in [0.1, 0.15) is 57.1 Å². The second-order valence-electron chi connectivity index (χ2n) is 11.9. The molecule has 0 bridgehead atoms. The molecule has 212 valence electrons. The summed E-state index contributed by atoms with van der Waals surface area (Å²) in [6.45, 7) is 5.80. The highest BCUT2D eigenvalue weighted by Crippen LogP contribution is 2.33. The number of halogens is 2. The molecule has 0 N–H and O–H groups in total. The molecule has 2 aromatic rings. The van der Waals surface area contributed by atoms with Gasteiger partial charge in [0.05, 0.1) is 22.1 Å². The standard InChI is InChI=1S/C32H43Cl2N3O2/c1-22(2)18-29(31(38)15-12-24-11-14-27(33)28(34)19-24)36-17-16-25(13-10-23-8-6-5-7-9-23)37-21-26(35(3)4)20-30(37)32(36)39/h5-9,11,14,19,22,25-26,29-30H,10,12-13,15-18,20-21H2,1-4H3/t25?,26-,29-,30+/m1/s1. The van der Waals surface area contributed by atoms with Crippen molar-refractivity contribution in [2.45, 2.75) is 83.0 Å². The van der Waals surface area contributed by atoms with Gasteiger partial charge in [-0.2, -0.15) is 0 Å². The summed E-state index contributed by atoms with van der Waals surface area (Å²) in [6, 6.07) is 16.2. The molecule has 4 rings (SSSR count). The molecule has 4 atom stereocenters. The normalized spacial score (nSPS) is 22.8. The van der Waals surface area contributed by atoms with E-state index in [0.717, 1.165) is 37.8 Å². The highest BCUT2D eigenvalue weighted by molar-refractivity contribution is 6.42. The number of amides is 1. The number of nitrogens with zero attached hydrogens (tertiary/aromatic N) is 3. The number of hydrogen-bond donors (Lipinski definition) is 0. The molecular weight excluding hydrogens is 529 g/mol. The quantitative estimate of drug-likeness (QED) is 0.324. The lowest BCUT2D eigenvalue weighted by atomic mass is 9.94. The Balaban J connectivity index is 1.53. The van der Waals surface area contributed by atoms with Crippen molar-refractivity contribution in [3.8, 4) is 0 Å². The number of carbonyl (C=O) groups is 2. The first-order valence-electron chi connectivity index (χ1n) is 14.4. The summed E-state index contributed by atoms with van der Waals surface area (Å²) in [5.74, 6) is 0.581. The highest BCUT2D eigenvalue weighted by atomic mass is 35.5. The zero-order chi connectivity index (χ0) is 28.1. The third kappa shape index (κ3) is 7.64. The number of aryl methyl sites for hydroxylation is 2. The molecule has 7 heteroatoms. The fourth-order valence-electron chi connectivity index (χ4n) is 6.22. The van der Waals surface area contributed by atoms with Crippen LogP contribution in [0.2, 0.25) is 10.0 Å². The predicted octanol–water partition coefficient (Wildman–Crippen LogP) is 6.15. The number of ketones is 1. The molecule has 0 saturated carbocycles. The zero-order valence-corrected chi connectivity index (χ0v) is 25.3. The van der Waals surface area contributed by atoms with Crippen LogP contribution in [0.3, 0.4) is 0 Å². The van der Waals surface area contributed by atoms with Gasteiger partial charge in [0, 0.05) is 31.6 Å². The molecule has 0 aliphatic carbocycles. The number of Topliss-reactive ketones (excluding diaryl/α,β-unsaturated/α-hetero) is 1. The molecule has 2 heterocycles. The average Bonchev–Trinajstić information content (AvgIpc) is 3.31. The average molecular weight is 573 g/mol. The van der Waals surface area contributed by atoms with Crippen LogP contribution >= 0.6 is 23.2 Å². The van der Waals surface area contributed by atoms with Crippen molar-refractivity contribution in [2.75, 3.05) is 27.2 Å². The van der Waals surface area contributed by atoms with Gasteiger partial charge in [0.2, 0.25) is 5.91 Å². The maximum atomic E-state index is 14.2. The van der Waals surface area contributed by atoms with E-state index in [1.54, 1.807) is 6.07 Å².